The summed E-state index contributed by atoms with van der Waals surface area (Å²) in [6, 6.07) is 8.56. The second kappa shape index (κ2) is 4.09. The lowest BCUT2D eigenvalue weighted by atomic mass is 9.83. The van der Waals surface area contributed by atoms with E-state index in [1.807, 2.05) is 0 Å². The fraction of sp³-hybridized carbons (Fsp3) is 0.647. The number of hydrogen-bond donors (Lipinski definition) is 1. The Balaban J connectivity index is 2.26. The number of rotatable bonds is 1. The minimum Gasteiger partial charge on any atom is -0.385 e. The van der Waals surface area contributed by atoms with E-state index in [0.29, 0.717) is 0 Å². The number of benzene rings is 1. The maximum Gasteiger partial charge on any atom is 0.0901 e. The van der Waals surface area contributed by atoms with Crippen LogP contribution in [-0.2, 0) is 11.0 Å². The van der Waals surface area contributed by atoms with Crippen LogP contribution in [0.5, 0.6) is 0 Å². The third kappa shape index (κ3) is 2.61. The lowest BCUT2D eigenvalue weighted by Gasteiger charge is -2.27. The van der Waals surface area contributed by atoms with E-state index in [4.69, 9.17) is 0 Å². The molecule has 0 aliphatic heterocycles. The van der Waals surface area contributed by atoms with Crippen molar-refractivity contribution in [2.45, 2.75) is 64.9 Å². The quantitative estimate of drug-likeness (QED) is 0.779. The molecule has 1 heteroatoms. The molecule has 0 spiro atoms. The van der Waals surface area contributed by atoms with E-state index in [1.54, 1.807) is 0 Å². The van der Waals surface area contributed by atoms with Crippen LogP contribution in [0.15, 0.2) is 24.3 Å². The summed E-state index contributed by atoms with van der Waals surface area (Å²) in [5.41, 5.74) is 2.24. The highest BCUT2D eigenvalue weighted by atomic mass is 16.3. The second-order valence-electron chi connectivity index (χ2n) is 7.70. The van der Waals surface area contributed by atoms with E-state index in [2.05, 4.69) is 58.9 Å². The maximum atomic E-state index is 10.8. The second-order valence-corrected chi connectivity index (χ2v) is 7.70. The third-order valence-corrected chi connectivity index (χ3v) is 4.27. The Kier molecular flexibility index (Phi) is 3.09. The van der Waals surface area contributed by atoms with Crippen molar-refractivity contribution in [2.75, 3.05) is 0 Å². The number of aliphatic hydroxyl groups is 1. The van der Waals surface area contributed by atoms with Crippen molar-refractivity contribution in [3.8, 4) is 0 Å². The minimum atomic E-state index is -0.611. The SMILES string of the molecule is CC1(C)CCC(O)(c2ccc(C(C)(C)C)cc2)C1. The van der Waals surface area contributed by atoms with Crippen LogP contribution in [0.25, 0.3) is 0 Å². The van der Waals surface area contributed by atoms with Gasteiger partial charge in [0.25, 0.3) is 0 Å². The van der Waals surface area contributed by atoms with Gasteiger partial charge in [0, 0.05) is 0 Å². The van der Waals surface area contributed by atoms with E-state index in [9.17, 15) is 5.11 Å². The zero-order valence-electron chi connectivity index (χ0n) is 12.4. The van der Waals surface area contributed by atoms with Crippen molar-refractivity contribution in [2.24, 2.45) is 5.41 Å². The van der Waals surface area contributed by atoms with Gasteiger partial charge in [-0.25, -0.2) is 0 Å². The fourth-order valence-electron chi connectivity index (χ4n) is 3.04. The smallest absolute Gasteiger partial charge is 0.0901 e. The highest BCUT2D eigenvalue weighted by Gasteiger charge is 2.42. The Hall–Kier alpha value is -0.820. The predicted molar refractivity (Wildman–Crippen MR) is 76.7 cm³/mol. The average Bonchev–Trinajstić information content (AvgIpc) is 2.53. The molecule has 1 aromatic rings. The first-order valence-corrected chi connectivity index (χ1v) is 6.96. The standard InChI is InChI=1S/C17H26O/c1-15(2,3)13-6-8-14(9-7-13)17(18)11-10-16(4,5)12-17/h6-9,18H,10-12H2,1-5H3. The lowest BCUT2D eigenvalue weighted by Crippen LogP contribution is -2.23. The summed E-state index contributed by atoms with van der Waals surface area (Å²) in [5.74, 6) is 0. The zero-order chi connectivity index (χ0) is 13.6. The van der Waals surface area contributed by atoms with Gasteiger partial charge in [-0.15, -0.1) is 0 Å². The molecular formula is C17H26O. The van der Waals surface area contributed by atoms with Gasteiger partial charge in [0.15, 0.2) is 0 Å². The summed E-state index contributed by atoms with van der Waals surface area (Å²) in [4.78, 5) is 0. The molecule has 0 heterocycles. The van der Waals surface area contributed by atoms with E-state index in [1.165, 1.54) is 5.56 Å². The van der Waals surface area contributed by atoms with Crippen LogP contribution < -0.4 is 0 Å². The van der Waals surface area contributed by atoms with E-state index >= 15 is 0 Å². The molecule has 1 aromatic carbocycles. The van der Waals surface area contributed by atoms with Gasteiger partial charge in [0.05, 0.1) is 5.60 Å². The largest absolute Gasteiger partial charge is 0.385 e. The average molecular weight is 246 g/mol. The third-order valence-electron chi connectivity index (χ3n) is 4.27. The van der Waals surface area contributed by atoms with Crippen LogP contribution in [0.3, 0.4) is 0 Å². The highest BCUT2D eigenvalue weighted by molar-refractivity contribution is 5.31. The molecule has 1 aliphatic carbocycles. The lowest BCUT2D eigenvalue weighted by molar-refractivity contribution is 0.0338. The predicted octanol–water partition coefficient (Wildman–Crippen LogP) is 4.38. The molecular weight excluding hydrogens is 220 g/mol. The molecule has 1 saturated carbocycles. The molecule has 0 amide bonds. The zero-order valence-corrected chi connectivity index (χ0v) is 12.4. The van der Waals surface area contributed by atoms with E-state index in [0.717, 1.165) is 24.8 Å². The van der Waals surface area contributed by atoms with Crippen molar-refractivity contribution in [1.82, 2.24) is 0 Å². The molecule has 0 aromatic heterocycles. The van der Waals surface area contributed by atoms with Crippen LogP contribution in [0.1, 0.15) is 65.0 Å². The Bertz CT molecular complexity index is 422. The summed E-state index contributed by atoms with van der Waals surface area (Å²) in [5, 5.41) is 10.8. The van der Waals surface area contributed by atoms with Gasteiger partial charge in [-0.1, -0.05) is 58.9 Å². The number of hydrogen-bond acceptors (Lipinski definition) is 1. The van der Waals surface area contributed by atoms with Gasteiger partial charge in [-0.2, -0.15) is 0 Å². The summed E-state index contributed by atoms with van der Waals surface area (Å²) < 4.78 is 0. The Morgan fingerprint density at radius 1 is 1.00 bits per heavy atom. The van der Waals surface area contributed by atoms with Crippen molar-refractivity contribution < 1.29 is 5.11 Å². The molecule has 0 bridgehead atoms. The summed E-state index contributed by atoms with van der Waals surface area (Å²) in [6.07, 6.45) is 2.86. The van der Waals surface area contributed by atoms with Gasteiger partial charge in [0.2, 0.25) is 0 Å². The van der Waals surface area contributed by atoms with Gasteiger partial charge in [-0.3, -0.25) is 0 Å². The van der Waals surface area contributed by atoms with Crippen LogP contribution in [-0.4, -0.2) is 5.11 Å². The topological polar surface area (TPSA) is 20.2 Å². The first-order valence-electron chi connectivity index (χ1n) is 6.96. The van der Waals surface area contributed by atoms with Crippen LogP contribution >= 0.6 is 0 Å². The molecule has 0 radical (unpaired) electrons. The summed E-state index contributed by atoms with van der Waals surface area (Å²) in [7, 11) is 0. The molecule has 18 heavy (non-hydrogen) atoms. The van der Waals surface area contributed by atoms with Gasteiger partial charge >= 0.3 is 0 Å². The Labute approximate surface area is 111 Å². The first-order chi connectivity index (χ1) is 8.12. The van der Waals surface area contributed by atoms with Crippen molar-refractivity contribution in [1.29, 1.82) is 0 Å². The molecule has 2 rings (SSSR count). The molecule has 0 saturated heterocycles. The van der Waals surface area contributed by atoms with Crippen molar-refractivity contribution >= 4 is 0 Å². The molecule has 1 fully saturated rings. The van der Waals surface area contributed by atoms with Crippen molar-refractivity contribution in [3.05, 3.63) is 35.4 Å². The molecule has 1 aliphatic rings. The summed E-state index contributed by atoms with van der Waals surface area (Å²) >= 11 is 0. The normalized spacial score (nSPS) is 27.4. The van der Waals surface area contributed by atoms with Crippen LogP contribution in [0.4, 0.5) is 0 Å². The first kappa shape index (κ1) is 13.6. The van der Waals surface area contributed by atoms with E-state index < -0.39 is 5.60 Å². The highest BCUT2D eigenvalue weighted by Crippen LogP contribution is 2.48. The monoisotopic (exact) mass is 246 g/mol. The molecule has 1 nitrogen and oxygen atoms in total. The van der Waals surface area contributed by atoms with Gasteiger partial charge < -0.3 is 5.11 Å². The van der Waals surface area contributed by atoms with E-state index in [-0.39, 0.29) is 10.8 Å². The van der Waals surface area contributed by atoms with Gasteiger partial charge in [0.1, 0.15) is 0 Å². The Morgan fingerprint density at radius 2 is 1.56 bits per heavy atom. The minimum absolute atomic E-state index is 0.177. The summed E-state index contributed by atoms with van der Waals surface area (Å²) in [6.45, 7) is 11.1. The van der Waals surface area contributed by atoms with Crippen LogP contribution in [0, 0.1) is 5.41 Å². The fourth-order valence-corrected chi connectivity index (χ4v) is 3.04. The maximum absolute atomic E-state index is 10.8. The Morgan fingerprint density at radius 3 is 1.94 bits per heavy atom. The van der Waals surface area contributed by atoms with Crippen LogP contribution in [0.2, 0.25) is 0 Å². The molecule has 1 N–H and O–H groups in total. The molecule has 1 atom stereocenters. The molecule has 1 unspecified atom stereocenters. The van der Waals surface area contributed by atoms with Gasteiger partial charge in [-0.05, 0) is 41.2 Å². The molecule has 100 valence electrons. The van der Waals surface area contributed by atoms with Crippen molar-refractivity contribution in [3.63, 3.8) is 0 Å².